The number of nitrogens with zero attached hydrogens (tertiary/aromatic N) is 1. The molecule has 0 unspecified atom stereocenters. The van der Waals surface area contributed by atoms with Gasteiger partial charge in [0, 0.05) is 19.3 Å². The smallest absolute Gasteiger partial charge is 0.270 e. The molecule has 18 heavy (non-hydrogen) atoms. The molecule has 0 radical (unpaired) electrons. The van der Waals surface area contributed by atoms with Crippen LogP contribution in [0.3, 0.4) is 0 Å². The molecule has 1 amide bonds. The van der Waals surface area contributed by atoms with Crippen LogP contribution in [0.4, 0.5) is 0 Å². The lowest BCUT2D eigenvalue weighted by Gasteiger charge is -2.24. The van der Waals surface area contributed by atoms with Crippen molar-refractivity contribution in [2.75, 3.05) is 13.2 Å². The minimum atomic E-state index is -0.134. The number of carbonyl (C=O) groups excluding carboxylic acids is 1. The largest absolute Gasteiger partial charge is 0.396 e. The standard InChI is InChI=1S/C14H22N2O2/c1-11-6-4-8-15-12(11)13(18)16-10-14(2,3)7-5-9-17/h4,6,8,17H,5,7,9-10H2,1-3H3,(H,16,18). The van der Waals surface area contributed by atoms with Crippen LogP contribution in [-0.2, 0) is 0 Å². The number of aliphatic hydroxyl groups is 1. The molecule has 0 aliphatic rings. The van der Waals surface area contributed by atoms with Crippen LogP contribution in [0.15, 0.2) is 18.3 Å². The number of rotatable bonds is 6. The first-order valence-electron chi connectivity index (χ1n) is 6.27. The first-order chi connectivity index (χ1) is 8.46. The molecule has 4 nitrogen and oxygen atoms in total. The van der Waals surface area contributed by atoms with Gasteiger partial charge in [-0.25, -0.2) is 0 Å². The molecule has 1 rings (SSSR count). The number of hydrogen-bond donors (Lipinski definition) is 2. The summed E-state index contributed by atoms with van der Waals surface area (Å²) in [7, 11) is 0. The number of aromatic nitrogens is 1. The van der Waals surface area contributed by atoms with E-state index in [1.165, 1.54) is 0 Å². The number of hydrogen-bond acceptors (Lipinski definition) is 3. The fourth-order valence-electron chi connectivity index (χ4n) is 1.77. The van der Waals surface area contributed by atoms with Gasteiger partial charge in [-0.3, -0.25) is 9.78 Å². The van der Waals surface area contributed by atoms with E-state index in [0.29, 0.717) is 12.2 Å². The predicted molar refractivity (Wildman–Crippen MR) is 71.4 cm³/mol. The molecule has 0 aliphatic carbocycles. The number of amides is 1. The molecular formula is C14H22N2O2. The highest BCUT2D eigenvalue weighted by atomic mass is 16.2. The Morgan fingerprint density at radius 1 is 1.50 bits per heavy atom. The summed E-state index contributed by atoms with van der Waals surface area (Å²) >= 11 is 0. The van der Waals surface area contributed by atoms with Crippen molar-refractivity contribution >= 4 is 5.91 Å². The van der Waals surface area contributed by atoms with Gasteiger partial charge in [0.25, 0.3) is 5.91 Å². The van der Waals surface area contributed by atoms with Gasteiger partial charge in [0.1, 0.15) is 5.69 Å². The van der Waals surface area contributed by atoms with Crippen LogP contribution < -0.4 is 5.32 Å². The van der Waals surface area contributed by atoms with Crippen molar-refractivity contribution in [2.45, 2.75) is 33.6 Å². The predicted octanol–water partition coefficient (Wildman–Crippen LogP) is 1.92. The van der Waals surface area contributed by atoms with E-state index < -0.39 is 0 Å². The summed E-state index contributed by atoms with van der Waals surface area (Å²) in [6.45, 7) is 6.81. The van der Waals surface area contributed by atoms with Crippen molar-refractivity contribution in [1.82, 2.24) is 10.3 Å². The Bertz CT molecular complexity index is 403. The van der Waals surface area contributed by atoms with Crippen LogP contribution in [0.1, 0.15) is 42.7 Å². The van der Waals surface area contributed by atoms with Crippen molar-refractivity contribution < 1.29 is 9.90 Å². The van der Waals surface area contributed by atoms with Crippen molar-refractivity contribution in [3.63, 3.8) is 0 Å². The summed E-state index contributed by atoms with van der Waals surface area (Å²) in [4.78, 5) is 16.1. The zero-order valence-electron chi connectivity index (χ0n) is 11.4. The average Bonchev–Trinajstić information content (AvgIpc) is 2.34. The van der Waals surface area contributed by atoms with Gasteiger partial charge in [0.05, 0.1) is 0 Å². The fraction of sp³-hybridized carbons (Fsp3) is 0.571. The second-order valence-corrected chi connectivity index (χ2v) is 5.34. The third kappa shape index (κ3) is 4.45. The minimum absolute atomic E-state index is 0.0128. The Morgan fingerprint density at radius 2 is 2.22 bits per heavy atom. The van der Waals surface area contributed by atoms with Crippen molar-refractivity contribution in [3.05, 3.63) is 29.6 Å². The van der Waals surface area contributed by atoms with Gasteiger partial charge in [-0.05, 0) is 36.8 Å². The van der Waals surface area contributed by atoms with E-state index in [1.807, 2.05) is 19.1 Å². The van der Waals surface area contributed by atoms with Crippen LogP contribution >= 0.6 is 0 Å². The van der Waals surface area contributed by atoms with E-state index in [9.17, 15) is 4.79 Å². The topological polar surface area (TPSA) is 62.2 Å². The van der Waals surface area contributed by atoms with Crippen molar-refractivity contribution in [1.29, 1.82) is 0 Å². The number of aryl methyl sites for hydroxylation is 1. The minimum Gasteiger partial charge on any atom is -0.396 e. The molecule has 0 spiro atoms. The van der Waals surface area contributed by atoms with Gasteiger partial charge < -0.3 is 10.4 Å². The number of carbonyl (C=O) groups is 1. The first-order valence-corrected chi connectivity index (χ1v) is 6.27. The Labute approximate surface area is 108 Å². The Morgan fingerprint density at radius 3 is 2.83 bits per heavy atom. The van der Waals surface area contributed by atoms with E-state index in [0.717, 1.165) is 18.4 Å². The SMILES string of the molecule is Cc1cccnc1C(=O)NCC(C)(C)CCCO. The maximum absolute atomic E-state index is 12.0. The summed E-state index contributed by atoms with van der Waals surface area (Å²) in [5.41, 5.74) is 1.35. The highest BCUT2D eigenvalue weighted by Gasteiger charge is 2.19. The van der Waals surface area contributed by atoms with Crippen molar-refractivity contribution in [3.8, 4) is 0 Å². The summed E-state index contributed by atoms with van der Waals surface area (Å²) in [6.07, 6.45) is 3.26. The van der Waals surface area contributed by atoms with Crippen LogP contribution in [0.5, 0.6) is 0 Å². The summed E-state index contributed by atoms with van der Waals surface area (Å²) < 4.78 is 0. The van der Waals surface area contributed by atoms with E-state index in [4.69, 9.17) is 5.11 Å². The monoisotopic (exact) mass is 250 g/mol. The molecule has 0 aliphatic heterocycles. The van der Waals surface area contributed by atoms with Crippen molar-refractivity contribution in [2.24, 2.45) is 5.41 Å². The molecule has 0 atom stereocenters. The van der Waals surface area contributed by atoms with Crippen LogP contribution in [0, 0.1) is 12.3 Å². The highest BCUT2D eigenvalue weighted by molar-refractivity contribution is 5.93. The van der Waals surface area contributed by atoms with Gasteiger partial charge in [-0.15, -0.1) is 0 Å². The summed E-state index contributed by atoms with van der Waals surface area (Å²) in [5.74, 6) is -0.134. The fourth-order valence-corrected chi connectivity index (χ4v) is 1.77. The molecule has 1 heterocycles. The third-order valence-corrected chi connectivity index (χ3v) is 2.96. The lowest BCUT2D eigenvalue weighted by Crippen LogP contribution is -2.34. The van der Waals surface area contributed by atoms with Gasteiger partial charge in [0.15, 0.2) is 0 Å². The zero-order valence-corrected chi connectivity index (χ0v) is 11.4. The molecule has 0 aromatic carbocycles. The molecular weight excluding hydrogens is 228 g/mol. The van der Waals surface area contributed by atoms with Gasteiger partial charge in [-0.2, -0.15) is 0 Å². The number of pyridine rings is 1. The van der Waals surface area contributed by atoms with Gasteiger partial charge >= 0.3 is 0 Å². The molecule has 1 aromatic heterocycles. The number of nitrogens with one attached hydrogen (secondary N) is 1. The summed E-state index contributed by atoms with van der Waals surface area (Å²) in [6, 6.07) is 3.69. The lowest BCUT2D eigenvalue weighted by molar-refractivity contribution is 0.0927. The second kappa shape index (κ2) is 6.50. The van der Waals surface area contributed by atoms with E-state index in [2.05, 4.69) is 24.1 Å². The zero-order chi connectivity index (χ0) is 13.6. The Balaban J connectivity index is 2.54. The summed E-state index contributed by atoms with van der Waals surface area (Å²) in [5, 5.41) is 11.7. The first kappa shape index (κ1) is 14.6. The lowest BCUT2D eigenvalue weighted by atomic mass is 9.88. The van der Waals surface area contributed by atoms with E-state index >= 15 is 0 Å². The Kier molecular flexibility index (Phi) is 5.28. The molecule has 100 valence electrons. The molecule has 0 bridgehead atoms. The highest BCUT2D eigenvalue weighted by Crippen LogP contribution is 2.20. The molecule has 0 fully saturated rings. The maximum Gasteiger partial charge on any atom is 0.270 e. The van der Waals surface area contributed by atoms with Crippen LogP contribution in [-0.4, -0.2) is 29.1 Å². The van der Waals surface area contributed by atoms with E-state index in [-0.39, 0.29) is 17.9 Å². The van der Waals surface area contributed by atoms with Crippen LogP contribution in [0.2, 0.25) is 0 Å². The quantitative estimate of drug-likeness (QED) is 0.810. The number of aliphatic hydroxyl groups excluding tert-OH is 1. The Hall–Kier alpha value is -1.42. The molecule has 4 heteroatoms. The maximum atomic E-state index is 12.0. The van der Waals surface area contributed by atoms with Gasteiger partial charge in [0.2, 0.25) is 0 Å². The molecule has 2 N–H and O–H groups in total. The van der Waals surface area contributed by atoms with Gasteiger partial charge in [-0.1, -0.05) is 19.9 Å². The van der Waals surface area contributed by atoms with Crippen LogP contribution in [0.25, 0.3) is 0 Å². The average molecular weight is 250 g/mol. The molecule has 0 saturated heterocycles. The third-order valence-electron chi connectivity index (χ3n) is 2.96. The second-order valence-electron chi connectivity index (χ2n) is 5.34. The molecule has 1 aromatic rings. The molecule has 0 saturated carbocycles. The van der Waals surface area contributed by atoms with E-state index in [1.54, 1.807) is 6.20 Å². The normalized spacial score (nSPS) is 11.3.